The summed E-state index contributed by atoms with van der Waals surface area (Å²) in [5.41, 5.74) is 2.36. The number of ether oxygens (including phenoxy) is 1. The molecule has 0 spiro atoms. The molecule has 1 aromatic carbocycles. The average molecular weight is 227 g/mol. The highest BCUT2D eigenvalue weighted by atomic mass is 16.5. The average Bonchev–Trinajstić information content (AvgIpc) is 2.28. The predicted molar refractivity (Wildman–Crippen MR) is 71.3 cm³/mol. The van der Waals surface area contributed by atoms with Crippen molar-refractivity contribution in [1.29, 1.82) is 0 Å². The van der Waals surface area contributed by atoms with Crippen molar-refractivity contribution in [2.24, 2.45) is 0 Å². The van der Waals surface area contributed by atoms with Gasteiger partial charge in [-0.25, -0.2) is 0 Å². The van der Waals surface area contributed by atoms with Gasteiger partial charge in [0.15, 0.2) is 0 Å². The van der Waals surface area contributed by atoms with Crippen molar-refractivity contribution < 1.29 is 4.74 Å². The molecule has 0 radical (unpaired) electrons. The van der Waals surface area contributed by atoms with Crippen molar-refractivity contribution in [3.63, 3.8) is 0 Å². The Morgan fingerprint density at radius 1 is 1.24 bits per heavy atom. The molecule has 0 saturated heterocycles. The summed E-state index contributed by atoms with van der Waals surface area (Å²) >= 11 is 0. The van der Waals surface area contributed by atoms with Crippen molar-refractivity contribution in [2.45, 2.75) is 26.2 Å². The van der Waals surface area contributed by atoms with E-state index in [2.05, 4.69) is 50.5 Å². The van der Waals surface area contributed by atoms with Crippen molar-refractivity contribution in [2.75, 3.05) is 0 Å². The molecule has 0 aliphatic carbocycles. The van der Waals surface area contributed by atoms with Gasteiger partial charge in [-0.15, -0.1) is 0 Å². The molecule has 0 amide bonds. The fourth-order valence-corrected chi connectivity index (χ4v) is 1.78. The molecule has 1 aromatic heterocycles. The van der Waals surface area contributed by atoms with Gasteiger partial charge in [-0.3, -0.25) is 4.98 Å². The first kappa shape index (κ1) is 11.6. The van der Waals surface area contributed by atoms with E-state index in [1.807, 2.05) is 6.07 Å². The lowest BCUT2D eigenvalue weighted by molar-refractivity contribution is 0.488. The molecule has 2 rings (SSSR count). The second-order valence-electron chi connectivity index (χ2n) is 5.08. The van der Waals surface area contributed by atoms with Crippen molar-refractivity contribution in [1.82, 2.24) is 4.98 Å². The Balaban J connectivity index is 2.60. The summed E-state index contributed by atoms with van der Waals surface area (Å²) < 4.78 is 5.37. The van der Waals surface area contributed by atoms with Crippen LogP contribution in [0.2, 0.25) is 0 Å². The molecule has 0 unspecified atom stereocenters. The number of hydrogen-bond acceptors (Lipinski definition) is 2. The SMILES string of the molecule is C=COc1ccnc2cc(C(C)(C)C)ccc12. The molecular weight excluding hydrogens is 210 g/mol. The highest BCUT2D eigenvalue weighted by Crippen LogP contribution is 2.29. The van der Waals surface area contributed by atoms with Gasteiger partial charge >= 0.3 is 0 Å². The largest absolute Gasteiger partial charge is 0.465 e. The second kappa shape index (κ2) is 4.21. The molecule has 0 atom stereocenters. The fraction of sp³-hybridized carbons (Fsp3) is 0.267. The Labute approximate surface area is 102 Å². The van der Waals surface area contributed by atoms with Crippen molar-refractivity contribution >= 4 is 10.9 Å². The molecule has 0 fully saturated rings. The first-order chi connectivity index (χ1) is 8.02. The van der Waals surface area contributed by atoms with Gasteiger partial charge in [-0.05, 0) is 29.2 Å². The molecule has 0 bridgehead atoms. The Hall–Kier alpha value is -1.83. The van der Waals surface area contributed by atoms with Crippen LogP contribution in [0.3, 0.4) is 0 Å². The third-order valence-corrected chi connectivity index (χ3v) is 2.78. The Kier molecular flexibility index (Phi) is 2.88. The van der Waals surface area contributed by atoms with Gasteiger partial charge in [-0.2, -0.15) is 0 Å². The summed E-state index contributed by atoms with van der Waals surface area (Å²) in [6.07, 6.45) is 3.19. The molecule has 0 aliphatic rings. The minimum atomic E-state index is 0.130. The number of benzene rings is 1. The molecule has 0 aliphatic heterocycles. The van der Waals surface area contributed by atoms with Crippen LogP contribution in [0.4, 0.5) is 0 Å². The van der Waals surface area contributed by atoms with E-state index in [1.165, 1.54) is 11.8 Å². The van der Waals surface area contributed by atoms with Crippen LogP contribution in [0.15, 0.2) is 43.3 Å². The standard InChI is InChI=1S/C15H17NO/c1-5-17-14-8-9-16-13-10-11(15(2,3)4)6-7-12(13)14/h5-10H,1H2,2-4H3. The first-order valence-corrected chi connectivity index (χ1v) is 5.69. The number of hydrogen-bond donors (Lipinski definition) is 0. The zero-order valence-corrected chi connectivity index (χ0v) is 10.5. The molecule has 1 heterocycles. The topological polar surface area (TPSA) is 22.1 Å². The molecule has 0 saturated carbocycles. The van der Waals surface area contributed by atoms with Crippen LogP contribution in [0, 0.1) is 0 Å². The van der Waals surface area contributed by atoms with Crippen LogP contribution >= 0.6 is 0 Å². The van der Waals surface area contributed by atoms with E-state index in [0.717, 1.165) is 16.7 Å². The molecule has 88 valence electrons. The smallest absolute Gasteiger partial charge is 0.137 e. The number of nitrogens with zero attached hydrogens (tertiary/aromatic N) is 1. The van der Waals surface area contributed by atoms with Gasteiger partial charge in [0.05, 0.1) is 11.8 Å². The summed E-state index contributed by atoms with van der Waals surface area (Å²) in [4.78, 5) is 4.38. The minimum Gasteiger partial charge on any atom is -0.465 e. The highest BCUT2D eigenvalue weighted by molar-refractivity contribution is 5.85. The molecule has 2 aromatic rings. The van der Waals surface area contributed by atoms with Crippen LogP contribution < -0.4 is 4.74 Å². The van der Waals surface area contributed by atoms with E-state index < -0.39 is 0 Å². The minimum absolute atomic E-state index is 0.130. The van der Waals surface area contributed by atoms with Crippen molar-refractivity contribution in [3.05, 3.63) is 48.9 Å². The lowest BCUT2D eigenvalue weighted by Gasteiger charge is -2.19. The Bertz CT molecular complexity index is 552. The van der Waals surface area contributed by atoms with E-state index in [9.17, 15) is 0 Å². The summed E-state index contributed by atoms with van der Waals surface area (Å²) in [6, 6.07) is 8.15. The van der Waals surface area contributed by atoms with Gasteiger partial charge in [-0.1, -0.05) is 33.4 Å². The van der Waals surface area contributed by atoms with Gasteiger partial charge < -0.3 is 4.74 Å². The van der Waals surface area contributed by atoms with Crippen molar-refractivity contribution in [3.8, 4) is 5.75 Å². The lowest BCUT2D eigenvalue weighted by atomic mass is 9.86. The maximum Gasteiger partial charge on any atom is 0.137 e. The fourth-order valence-electron chi connectivity index (χ4n) is 1.78. The highest BCUT2D eigenvalue weighted by Gasteiger charge is 2.14. The van der Waals surface area contributed by atoms with Crippen LogP contribution in [-0.2, 0) is 5.41 Å². The second-order valence-corrected chi connectivity index (χ2v) is 5.08. The molecule has 0 N–H and O–H groups in total. The zero-order valence-electron chi connectivity index (χ0n) is 10.5. The summed E-state index contributed by atoms with van der Waals surface area (Å²) in [6.45, 7) is 10.2. The molecule has 2 heteroatoms. The van der Waals surface area contributed by atoms with E-state index >= 15 is 0 Å². The normalized spacial score (nSPS) is 11.5. The zero-order chi connectivity index (χ0) is 12.5. The van der Waals surface area contributed by atoms with E-state index in [1.54, 1.807) is 6.20 Å². The number of pyridine rings is 1. The van der Waals surface area contributed by atoms with E-state index in [4.69, 9.17) is 4.74 Å². The molecular formula is C15H17NO. The number of fused-ring (bicyclic) bond motifs is 1. The first-order valence-electron chi connectivity index (χ1n) is 5.69. The predicted octanol–water partition coefficient (Wildman–Crippen LogP) is 4.05. The van der Waals surface area contributed by atoms with E-state index in [-0.39, 0.29) is 5.41 Å². The summed E-state index contributed by atoms with van der Waals surface area (Å²) in [7, 11) is 0. The van der Waals surface area contributed by atoms with Gasteiger partial charge in [0.25, 0.3) is 0 Å². The number of aromatic nitrogens is 1. The van der Waals surface area contributed by atoms with Crippen LogP contribution in [0.1, 0.15) is 26.3 Å². The quantitative estimate of drug-likeness (QED) is 0.722. The third-order valence-electron chi connectivity index (χ3n) is 2.78. The summed E-state index contributed by atoms with van der Waals surface area (Å²) in [5.74, 6) is 0.797. The van der Waals surface area contributed by atoms with E-state index in [0.29, 0.717) is 0 Å². The molecule has 17 heavy (non-hydrogen) atoms. The lowest BCUT2D eigenvalue weighted by Crippen LogP contribution is -2.10. The maximum absolute atomic E-state index is 5.37. The molecule has 2 nitrogen and oxygen atoms in total. The summed E-state index contributed by atoms with van der Waals surface area (Å²) in [5, 5.41) is 1.01. The van der Waals surface area contributed by atoms with Gasteiger partial charge in [0.2, 0.25) is 0 Å². The maximum atomic E-state index is 5.37. The Morgan fingerprint density at radius 3 is 2.65 bits per heavy atom. The van der Waals surface area contributed by atoms with Crippen LogP contribution in [0.5, 0.6) is 5.75 Å². The van der Waals surface area contributed by atoms with Gasteiger partial charge in [0, 0.05) is 11.6 Å². The third kappa shape index (κ3) is 2.31. The van der Waals surface area contributed by atoms with Gasteiger partial charge in [0.1, 0.15) is 5.75 Å². The van der Waals surface area contributed by atoms with Crippen LogP contribution in [0.25, 0.3) is 10.9 Å². The number of rotatable bonds is 2. The Morgan fingerprint density at radius 2 is 2.00 bits per heavy atom. The monoisotopic (exact) mass is 227 g/mol. The van der Waals surface area contributed by atoms with Crippen LogP contribution in [-0.4, -0.2) is 4.98 Å².